The molecule has 0 heterocycles. The van der Waals surface area contributed by atoms with Gasteiger partial charge in [0.2, 0.25) is 0 Å². The van der Waals surface area contributed by atoms with Crippen molar-refractivity contribution in [3.05, 3.63) is 58.1 Å². The summed E-state index contributed by atoms with van der Waals surface area (Å²) in [7, 11) is 0. The Labute approximate surface area is 169 Å². The van der Waals surface area contributed by atoms with E-state index in [-0.39, 0.29) is 5.92 Å². The number of halogens is 1. The van der Waals surface area contributed by atoms with Gasteiger partial charge in [-0.1, -0.05) is 45.4 Å². The highest BCUT2D eigenvalue weighted by atomic mass is 79.9. The Morgan fingerprint density at radius 3 is 2.63 bits per heavy atom. The van der Waals surface area contributed by atoms with Gasteiger partial charge in [-0.2, -0.15) is 0 Å². The zero-order valence-electron chi connectivity index (χ0n) is 16.1. The molecule has 2 aromatic rings. The lowest BCUT2D eigenvalue weighted by atomic mass is 9.89. The minimum Gasteiger partial charge on any atom is -0.492 e. The Morgan fingerprint density at radius 2 is 1.93 bits per heavy atom. The van der Waals surface area contributed by atoms with Crippen molar-refractivity contribution < 1.29 is 19.4 Å². The molecule has 0 bridgehead atoms. The fourth-order valence-corrected chi connectivity index (χ4v) is 2.99. The maximum atomic E-state index is 11.2. The first-order chi connectivity index (χ1) is 12.9. The highest BCUT2D eigenvalue weighted by Crippen LogP contribution is 2.29. The van der Waals surface area contributed by atoms with Crippen LogP contribution in [0, 0.1) is 5.92 Å². The third-order valence-electron chi connectivity index (χ3n) is 4.68. The van der Waals surface area contributed by atoms with Gasteiger partial charge in [0, 0.05) is 0 Å². The molecule has 0 radical (unpaired) electrons. The summed E-state index contributed by atoms with van der Waals surface area (Å²) >= 11 is 3.52. The van der Waals surface area contributed by atoms with Crippen LogP contribution in [0.4, 0.5) is 0 Å². The second-order valence-corrected chi connectivity index (χ2v) is 7.60. The van der Waals surface area contributed by atoms with E-state index in [0.717, 1.165) is 39.9 Å². The number of carbonyl (C=O) groups is 1. The lowest BCUT2D eigenvalue weighted by Gasteiger charge is -2.17. The number of unbranched alkanes of at least 4 members (excludes halogenated alkanes) is 1. The number of ether oxygens (including phenoxy) is 2. The van der Waals surface area contributed by atoms with Gasteiger partial charge in [-0.3, -0.25) is 4.79 Å². The first kappa shape index (κ1) is 21.3. The molecule has 0 saturated heterocycles. The molecule has 1 N–H and O–H groups in total. The first-order valence-corrected chi connectivity index (χ1v) is 10.1. The van der Waals surface area contributed by atoms with Crippen molar-refractivity contribution >= 4 is 21.9 Å². The number of benzene rings is 2. The monoisotopic (exact) mass is 434 g/mol. The molecule has 0 aliphatic carbocycles. The molecule has 0 saturated carbocycles. The normalized spacial score (nSPS) is 13.0. The van der Waals surface area contributed by atoms with E-state index in [0.29, 0.717) is 13.2 Å². The van der Waals surface area contributed by atoms with E-state index in [1.54, 1.807) is 6.92 Å². The second kappa shape index (κ2) is 10.4. The molecular weight excluding hydrogens is 408 g/mol. The number of hydrogen-bond donors (Lipinski definition) is 1. The van der Waals surface area contributed by atoms with Crippen LogP contribution in [0.15, 0.2) is 46.9 Å². The summed E-state index contributed by atoms with van der Waals surface area (Å²) in [5.41, 5.74) is 1.98. The molecule has 27 heavy (non-hydrogen) atoms. The number of hydrogen-bond acceptors (Lipinski definition) is 3. The van der Waals surface area contributed by atoms with Crippen molar-refractivity contribution in [3.63, 3.8) is 0 Å². The SMILES string of the molecule is CCCCOc1cc(COc2cccc([C@@H](C)C(C)C(=O)O)c2)ccc1Br. The Kier molecular flexibility index (Phi) is 8.17. The van der Waals surface area contributed by atoms with Gasteiger partial charge >= 0.3 is 5.97 Å². The molecule has 4 nitrogen and oxygen atoms in total. The predicted octanol–water partition coefficient (Wildman–Crippen LogP) is 6.03. The fourth-order valence-electron chi connectivity index (χ4n) is 2.63. The summed E-state index contributed by atoms with van der Waals surface area (Å²) in [6, 6.07) is 13.6. The van der Waals surface area contributed by atoms with E-state index in [4.69, 9.17) is 9.47 Å². The molecule has 2 atom stereocenters. The summed E-state index contributed by atoms with van der Waals surface area (Å²) < 4.78 is 12.7. The Morgan fingerprint density at radius 1 is 1.15 bits per heavy atom. The third kappa shape index (κ3) is 6.28. The molecular formula is C22H27BrO4. The van der Waals surface area contributed by atoms with Gasteiger partial charge in [0.25, 0.3) is 0 Å². The molecule has 2 aromatic carbocycles. The van der Waals surface area contributed by atoms with Crippen molar-refractivity contribution in [2.24, 2.45) is 5.92 Å². The summed E-state index contributed by atoms with van der Waals surface area (Å²) in [4.78, 5) is 11.2. The van der Waals surface area contributed by atoms with E-state index in [9.17, 15) is 9.90 Å². The average Bonchev–Trinajstić information content (AvgIpc) is 2.67. The van der Waals surface area contributed by atoms with Gasteiger partial charge in [0.1, 0.15) is 18.1 Å². The van der Waals surface area contributed by atoms with Gasteiger partial charge in [-0.05, 0) is 63.7 Å². The van der Waals surface area contributed by atoms with E-state index < -0.39 is 11.9 Å². The van der Waals surface area contributed by atoms with E-state index >= 15 is 0 Å². The van der Waals surface area contributed by atoms with Crippen LogP contribution in [-0.4, -0.2) is 17.7 Å². The maximum Gasteiger partial charge on any atom is 0.306 e. The smallest absolute Gasteiger partial charge is 0.306 e. The molecule has 0 fully saturated rings. The minimum absolute atomic E-state index is 0.0858. The van der Waals surface area contributed by atoms with E-state index in [2.05, 4.69) is 22.9 Å². The molecule has 1 unspecified atom stereocenters. The maximum absolute atomic E-state index is 11.2. The van der Waals surface area contributed by atoms with Crippen molar-refractivity contribution in [1.82, 2.24) is 0 Å². The largest absolute Gasteiger partial charge is 0.492 e. The molecule has 146 valence electrons. The van der Waals surface area contributed by atoms with Crippen molar-refractivity contribution in [2.45, 2.75) is 46.1 Å². The topological polar surface area (TPSA) is 55.8 Å². The van der Waals surface area contributed by atoms with Crippen molar-refractivity contribution in [3.8, 4) is 11.5 Å². The molecule has 0 aliphatic rings. The average molecular weight is 435 g/mol. The van der Waals surface area contributed by atoms with E-state index in [1.165, 1.54) is 0 Å². The molecule has 0 aromatic heterocycles. The van der Waals surface area contributed by atoms with Crippen LogP contribution in [0.25, 0.3) is 0 Å². The Bertz CT molecular complexity index is 760. The first-order valence-electron chi connectivity index (χ1n) is 9.29. The zero-order valence-corrected chi connectivity index (χ0v) is 17.7. The fraction of sp³-hybridized carbons (Fsp3) is 0.409. The van der Waals surface area contributed by atoms with Crippen LogP contribution >= 0.6 is 15.9 Å². The van der Waals surface area contributed by atoms with Gasteiger partial charge < -0.3 is 14.6 Å². The lowest BCUT2D eigenvalue weighted by molar-refractivity contribution is -0.141. The van der Waals surface area contributed by atoms with Gasteiger partial charge in [-0.25, -0.2) is 0 Å². The third-order valence-corrected chi connectivity index (χ3v) is 5.34. The van der Waals surface area contributed by atoms with Crippen LogP contribution in [0.3, 0.4) is 0 Å². The van der Waals surface area contributed by atoms with E-state index in [1.807, 2.05) is 49.4 Å². The second-order valence-electron chi connectivity index (χ2n) is 6.74. The molecule has 0 aliphatic heterocycles. The van der Waals surface area contributed by atoms with Gasteiger partial charge in [-0.15, -0.1) is 0 Å². The highest BCUT2D eigenvalue weighted by molar-refractivity contribution is 9.10. The van der Waals surface area contributed by atoms with Crippen LogP contribution < -0.4 is 9.47 Å². The minimum atomic E-state index is -0.792. The molecule has 5 heteroatoms. The number of rotatable bonds is 10. The summed E-state index contributed by atoms with van der Waals surface area (Å²) in [6.45, 7) is 6.90. The summed E-state index contributed by atoms with van der Waals surface area (Å²) in [6.07, 6.45) is 2.11. The Hall–Kier alpha value is -2.01. The lowest BCUT2D eigenvalue weighted by Crippen LogP contribution is -2.16. The standard InChI is InChI=1S/C22H27BrO4/c1-4-5-11-26-21-12-17(9-10-20(21)23)14-27-19-8-6-7-18(13-19)15(2)16(3)22(24)25/h6-10,12-13,15-16H,4-5,11,14H2,1-3H3,(H,24,25)/t15-,16?/m0/s1. The Balaban J connectivity index is 2.03. The zero-order chi connectivity index (χ0) is 19.8. The highest BCUT2D eigenvalue weighted by Gasteiger charge is 2.21. The number of aliphatic carboxylic acids is 1. The quantitative estimate of drug-likeness (QED) is 0.463. The number of carboxylic acids is 1. The molecule has 0 spiro atoms. The van der Waals surface area contributed by atoms with Crippen molar-refractivity contribution in [2.75, 3.05) is 6.61 Å². The van der Waals surface area contributed by atoms with Crippen LogP contribution in [-0.2, 0) is 11.4 Å². The van der Waals surface area contributed by atoms with Crippen LogP contribution in [0.2, 0.25) is 0 Å². The summed E-state index contributed by atoms with van der Waals surface area (Å²) in [5, 5.41) is 9.21. The van der Waals surface area contributed by atoms with Crippen molar-refractivity contribution in [1.29, 1.82) is 0 Å². The van der Waals surface area contributed by atoms with Crippen LogP contribution in [0.1, 0.15) is 50.7 Å². The summed E-state index contributed by atoms with van der Waals surface area (Å²) in [5.74, 6) is 0.224. The predicted molar refractivity (Wildman–Crippen MR) is 111 cm³/mol. The van der Waals surface area contributed by atoms with Crippen LogP contribution in [0.5, 0.6) is 11.5 Å². The molecule has 0 amide bonds. The van der Waals surface area contributed by atoms with Gasteiger partial charge in [0.15, 0.2) is 0 Å². The molecule has 2 rings (SSSR count). The van der Waals surface area contributed by atoms with Gasteiger partial charge in [0.05, 0.1) is 17.0 Å². The number of carboxylic acid groups (broad SMARTS) is 1.